The number of hydrogen-bond acceptors (Lipinski definition) is 3. The molecule has 31 heavy (non-hydrogen) atoms. The minimum Gasteiger partial charge on any atom is -0.483 e. The largest absolute Gasteiger partial charge is 0.483 e. The highest BCUT2D eigenvalue weighted by atomic mass is 16.5. The highest BCUT2D eigenvalue weighted by molar-refractivity contribution is 6.00. The Balaban J connectivity index is 1.40. The van der Waals surface area contributed by atoms with E-state index in [0.29, 0.717) is 17.1 Å². The molecule has 0 atom stereocenters. The van der Waals surface area contributed by atoms with Gasteiger partial charge in [0.25, 0.3) is 11.8 Å². The molecule has 0 radical (unpaired) electrons. The number of H-pyrrole nitrogens is 1. The fourth-order valence-corrected chi connectivity index (χ4v) is 3.41. The molecule has 0 saturated heterocycles. The molecule has 0 saturated carbocycles. The summed E-state index contributed by atoms with van der Waals surface area (Å²) in [6, 6.07) is 25.0. The fourth-order valence-electron chi connectivity index (χ4n) is 3.41. The van der Waals surface area contributed by atoms with Crippen molar-refractivity contribution in [3.8, 4) is 5.75 Å². The third-order valence-electron chi connectivity index (χ3n) is 4.94. The number of amides is 2. The molecule has 0 unspecified atom stereocenters. The van der Waals surface area contributed by atoms with Gasteiger partial charge in [0.1, 0.15) is 11.4 Å². The topological polar surface area (TPSA) is 83.2 Å². The predicted octanol–water partition coefficient (Wildman–Crippen LogP) is 4.14. The predicted molar refractivity (Wildman–Crippen MR) is 122 cm³/mol. The number of ether oxygens (including phenoxy) is 1. The molecule has 1 heterocycles. The maximum Gasteiger partial charge on any atom is 0.267 e. The van der Waals surface area contributed by atoms with Gasteiger partial charge in [-0.1, -0.05) is 48.5 Å². The molecule has 156 valence electrons. The molecule has 0 fully saturated rings. The molecule has 0 aliphatic rings. The highest BCUT2D eigenvalue weighted by Gasteiger charge is 2.10. The Morgan fingerprint density at radius 1 is 0.935 bits per heavy atom. The SMILES string of the molecule is CNC(=O)c1cc2cc(NC(=O)COc3ccccc3Cc3ccccc3)ccc2[nH]1. The molecular formula is C25H23N3O3. The number of carbonyl (C=O) groups is 2. The van der Waals surface area contributed by atoms with E-state index in [2.05, 4.69) is 27.8 Å². The number of aromatic amines is 1. The van der Waals surface area contributed by atoms with Crippen LogP contribution >= 0.6 is 0 Å². The summed E-state index contributed by atoms with van der Waals surface area (Å²) in [5, 5.41) is 6.27. The average Bonchev–Trinajstić information content (AvgIpc) is 3.22. The Hall–Kier alpha value is -4.06. The van der Waals surface area contributed by atoms with Gasteiger partial charge in [-0.15, -0.1) is 0 Å². The summed E-state index contributed by atoms with van der Waals surface area (Å²) in [7, 11) is 1.58. The van der Waals surface area contributed by atoms with E-state index < -0.39 is 0 Å². The van der Waals surface area contributed by atoms with Crippen LogP contribution in [0.5, 0.6) is 5.75 Å². The molecule has 6 nitrogen and oxygen atoms in total. The number of para-hydroxylation sites is 1. The lowest BCUT2D eigenvalue weighted by Crippen LogP contribution is -2.20. The van der Waals surface area contributed by atoms with Crippen LogP contribution < -0.4 is 15.4 Å². The van der Waals surface area contributed by atoms with Gasteiger partial charge in [-0.25, -0.2) is 0 Å². The van der Waals surface area contributed by atoms with E-state index in [0.717, 1.165) is 22.9 Å². The van der Waals surface area contributed by atoms with Crippen LogP contribution in [0.1, 0.15) is 21.6 Å². The number of benzene rings is 3. The van der Waals surface area contributed by atoms with Crippen molar-refractivity contribution in [2.24, 2.45) is 0 Å². The summed E-state index contributed by atoms with van der Waals surface area (Å²) in [4.78, 5) is 27.3. The zero-order valence-corrected chi connectivity index (χ0v) is 17.1. The lowest BCUT2D eigenvalue weighted by molar-refractivity contribution is -0.118. The second kappa shape index (κ2) is 9.17. The fraction of sp³-hybridized carbons (Fsp3) is 0.120. The van der Waals surface area contributed by atoms with Crippen molar-refractivity contribution in [2.75, 3.05) is 19.0 Å². The molecule has 6 heteroatoms. The first-order valence-electron chi connectivity index (χ1n) is 10.0. The summed E-state index contributed by atoms with van der Waals surface area (Å²) in [6.07, 6.45) is 0.733. The molecule has 3 N–H and O–H groups in total. The molecule has 0 spiro atoms. The third-order valence-corrected chi connectivity index (χ3v) is 4.94. The minimum atomic E-state index is -0.254. The number of fused-ring (bicyclic) bond motifs is 1. The van der Waals surface area contributed by atoms with Gasteiger partial charge in [-0.2, -0.15) is 0 Å². The number of carbonyl (C=O) groups excluding carboxylic acids is 2. The van der Waals surface area contributed by atoms with Crippen LogP contribution in [0.4, 0.5) is 5.69 Å². The first kappa shape index (κ1) is 20.2. The zero-order chi connectivity index (χ0) is 21.6. The molecule has 0 bridgehead atoms. The molecule has 4 aromatic rings. The van der Waals surface area contributed by atoms with Gasteiger partial charge in [0.2, 0.25) is 0 Å². The average molecular weight is 413 g/mol. The van der Waals surface area contributed by atoms with Crippen LogP contribution in [0.15, 0.2) is 78.9 Å². The molecule has 0 aliphatic carbocycles. The maximum absolute atomic E-state index is 12.4. The van der Waals surface area contributed by atoms with Crippen LogP contribution in [0.25, 0.3) is 10.9 Å². The Bertz CT molecular complexity index is 1220. The third kappa shape index (κ3) is 4.93. The molecular weight excluding hydrogens is 390 g/mol. The van der Waals surface area contributed by atoms with Gasteiger partial charge in [0, 0.05) is 30.1 Å². The van der Waals surface area contributed by atoms with Crippen LogP contribution in [-0.4, -0.2) is 30.5 Å². The molecule has 0 aliphatic heterocycles. The van der Waals surface area contributed by atoms with Crippen molar-refractivity contribution in [2.45, 2.75) is 6.42 Å². The molecule has 2 amide bonds. The van der Waals surface area contributed by atoms with Crippen molar-refractivity contribution in [1.82, 2.24) is 10.3 Å². The first-order chi connectivity index (χ1) is 15.1. The number of aromatic nitrogens is 1. The van der Waals surface area contributed by atoms with Crippen LogP contribution in [0.3, 0.4) is 0 Å². The van der Waals surface area contributed by atoms with E-state index in [4.69, 9.17) is 4.74 Å². The summed E-state index contributed by atoms with van der Waals surface area (Å²) < 4.78 is 5.81. The Morgan fingerprint density at radius 2 is 1.71 bits per heavy atom. The quantitative estimate of drug-likeness (QED) is 0.426. The van der Waals surface area contributed by atoms with Gasteiger partial charge in [0.05, 0.1) is 0 Å². The van der Waals surface area contributed by atoms with Crippen LogP contribution in [0, 0.1) is 0 Å². The van der Waals surface area contributed by atoms with E-state index in [1.165, 1.54) is 5.56 Å². The van der Waals surface area contributed by atoms with Gasteiger partial charge in [-0.05, 0) is 41.5 Å². The Kier molecular flexibility index (Phi) is 5.98. The van der Waals surface area contributed by atoms with Crippen molar-refractivity contribution >= 4 is 28.4 Å². The Labute approximate surface area is 180 Å². The number of hydrogen-bond donors (Lipinski definition) is 3. The van der Waals surface area contributed by atoms with Crippen molar-refractivity contribution in [1.29, 1.82) is 0 Å². The normalized spacial score (nSPS) is 10.6. The number of nitrogens with one attached hydrogen (secondary N) is 3. The van der Waals surface area contributed by atoms with Crippen LogP contribution in [-0.2, 0) is 11.2 Å². The van der Waals surface area contributed by atoms with E-state index in [-0.39, 0.29) is 18.4 Å². The van der Waals surface area contributed by atoms with E-state index in [9.17, 15) is 9.59 Å². The Morgan fingerprint density at radius 3 is 2.52 bits per heavy atom. The zero-order valence-electron chi connectivity index (χ0n) is 17.1. The number of rotatable bonds is 7. The van der Waals surface area contributed by atoms with E-state index in [1.807, 2.05) is 54.6 Å². The summed E-state index contributed by atoms with van der Waals surface area (Å²) >= 11 is 0. The molecule has 3 aromatic carbocycles. The smallest absolute Gasteiger partial charge is 0.267 e. The van der Waals surface area contributed by atoms with E-state index >= 15 is 0 Å². The lowest BCUT2D eigenvalue weighted by Gasteiger charge is -2.12. The van der Waals surface area contributed by atoms with Crippen molar-refractivity contribution in [3.63, 3.8) is 0 Å². The molecule has 1 aromatic heterocycles. The molecule has 4 rings (SSSR count). The van der Waals surface area contributed by atoms with Crippen LogP contribution in [0.2, 0.25) is 0 Å². The van der Waals surface area contributed by atoms with Gasteiger partial charge >= 0.3 is 0 Å². The summed E-state index contributed by atoms with van der Waals surface area (Å²) in [5.41, 5.74) is 4.14. The second-order valence-electron chi connectivity index (χ2n) is 7.17. The van der Waals surface area contributed by atoms with Crippen molar-refractivity contribution in [3.05, 3.63) is 95.7 Å². The monoisotopic (exact) mass is 413 g/mol. The van der Waals surface area contributed by atoms with E-state index in [1.54, 1.807) is 19.2 Å². The number of anilines is 1. The van der Waals surface area contributed by atoms with Gasteiger partial charge < -0.3 is 20.4 Å². The standard InChI is InChI=1S/C25H23N3O3/c1-26-25(30)22-15-19-14-20(11-12-21(19)28-22)27-24(29)16-31-23-10-6-5-9-18(23)13-17-7-3-2-4-8-17/h2-12,14-15,28H,13,16H2,1H3,(H,26,30)(H,27,29). The second-order valence-corrected chi connectivity index (χ2v) is 7.17. The van der Waals surface area contributed by atoms with Crippen molar-refractivity contribution < 1.29 is 14.3 Å². The first-order valence-corrected chi connectivity index (χ1v) is 10.0. The van der Waals surface area contributed by atoms with Gasteiger partial charge in [-0.3, -0.25) is 9.59 Å². The summed E-state index contributed by atoms with van der Waals surface area (Å²) in [6.45, 7) is -0.0968. The highest BCUT2D eigenvalue weighted by Crippen LogP contribution is 2.22. The summed E-state index contributed by atoms with van der Waals surface area (Å²) in [5.74, 6) is 0.248. The minimum absolute atomic E-state index is 0.0968. The van der Waals surface area contributed by atoms with Gasteiger partial charge in [0.15, 0.2) is 6.61 Å². The lowest BCUT2D eigenvalue weighted by atomic mass is 10.0. The maximum atomic E-state index is 12.4.